The third-order valence-corrected chi connectivity index (χ3v) is 4.85. The topological polar surface area (TPSA) is 64.1 Å². The fraction of sp³-hybridized carbons (Fsp3) is 0.667. The lowest BCUT2D eigenvalue weighted by molar-refractivity contribution is -0.200. The lowest BCUT2D eigenvalue weighted by Gasteiger charge is -2.53. The second-order valence-electron chi connectivity index (χ2n) is 7.06. The molecule has 7 heteroatoms. The summed E-state index contributed by atoms with van der Waals surface area (Å²) in [7, 11) is 5.13. The number of methoxy groups -OCH3 is 1. The van der Waals surface area contributed by atoms with Gasteiger partial charge >= 0.3 is 0 Å². The highest BCUT2D eigenvalue weighted by atomic mass is 16.5. The lowest BCUT2D eigenvalue weighted by Crippen LogP contribution is -2.65. The summed E-state index contributed by atoms with van der Waals surface area (Å²) in [5.41, 5.74) is 0.944. The maximum absolute atomic E-state index is 11.7. The summed E-state index contributed by atoms with van der Waals surface area (Å²) in [5, 5.41) is 0. The summed E-state index contributed by atoms with van der Waals surface area (Å²) in [6.45, 7) is 3.36. The van der Waals surface area contributed by atoms with Crippen LogP contribution < -0.4 is 4.74 Å². The first kappa shape index (κ1) is 18.1. The van der Waals surface area contributed by atoms with Gasteiger partial charge in [-0.1, -0.05) is 6.07 Å². The van der Waals surface area contributed by atoms with Crippen molar-refractivity contribution in [3.05, 3.63) is 23.9 Å². The average molecular weight is 349 g/mol. The summed E-state index contributed by atoms with van der Waals surface area (Å²) in [6, 6.07) is 3.97. The first-order chi connectivity index (χ1) is 12.0. The van der Waals surface area contributed by atoms with E-state index in [2.05, 4.69) is 9.88 Å². The van der Waals surface area contributed by atoms with E-state index in [1.54, 1.807) is 32.3 Å². The molecule has 0 unspecified atom stereocenters. The second kappa shape index (κ2) is 7.68. The summed E-state index contributed by atoms with van der Waals surface area (Å²) in [5.74, 6) is 0.677. The Morgan fingerprint density at radius 3 is 3.00 bits per heavy atom. The smallest absolute Gasteiger partial charge is 0.248 e. The molecule has 138 valence electrons. The fourth-order valence-electron chi connectivity index (χ4n) is 3.51. The van der Waals surface area contributed by atoms with Crippen LogP contribution in [0.2, 0.25) is 0 Å². The number of likely N-dealkylation sites (N-methyl/N-ethyl adjacent to an activating group) is 1. The van der Waals surface area contributed by atoms with E-state index < -0.39 is 0 Å². The summed E-state index contributed by atoms with van der Waals surface area (Å²) in [4.78, 5) is 19.8. The van der Waals surface area contributed by atoms with Crippen LogP contribution in [0.25, 0.3) is 0 Å². The van der Waals surface area contributed by atoms with Gasteiger partial charge < -0.3 is 19.1 Å². The van der Waals surface area contributed by atoms with Crippen LogP contribution in [-0.4, -0.2) is 79.9 Å². The molecule has 1 aromatic rings. The Morgan fingerprint density at radius 1 is 1.48 bits per heavy atom. The molecule has 7 nitrogen and oxygen atoms in total. The number of hydrogen-bond acceptors (Lipinski definition) is 6. The van der Waals surface area contributed by atoms with E-state index in [0.717, 1.165) is 38.0 Å². The van der Waals surface area contributed by atoms with Crippen molar-refractivity contribution in [1.82, 2.24) is 14.8 Å². The number of nitrogens with zero attached hydrogens (tertiary/aromatic N) is 3. The molecule has 0 aliphatic carbocycles. The second-order valence-corrected chi connectivity index (χ2v) is 7.06. The van der Waals surface area contributed by atoms with Crippen molar-refractivity contribution in [3.8, 4) is 5.88 Å². The zero-order chi connectivity index (χ0) is 17.9. The molecule has 0 saturated carbocycles. The number of amides is 1. The molecule has 1 amide bonds. The van der Waals surface area contributed by atoms with Crippen molar-refractivity contribution in [2.45, 2.75) is 31.1 Å². The Labute approximate surface area is 148 Å². The minimum Gasteiger partial charge on any atom is -0.481 e. The minimum atomic E-state index is -0.139. The molecule has 2 aliphatic rings. The van der Waals surface area contributed by atoms with Crippen LogP contribution in [0.1, 0.15) is 18.4 Å². The third-order valence-electron chi connectivity index (χ3n) is 4.85. The minimum absolute atomic E-state index is 0.000509. The van der Waals surface area contributed by atoms with E-state index in [4.69, 9.17) is 14.2 Å². The van der Waals surface area contributed by atoms with Gasteiger partial charge in [0.15, 0.2) is 0 Å². The maximum atomic E-state index is 11.7. The van der Waals surface area contributed by atoms with Gasteiger partial charge in [0.2, 0.25) is 11.8 Å². The molecule has 0 radical (unpaired) electrons. The van der Waals surface area contributed by atoms with Gasteiger partial charge in [-0.3, -0.25) is 9.69 Å². The van der Waals surface area contributed by atoms with E-state index in [1.807, 2.05) is 12.1 Å². The van der Waals surface area contributed by atoms with Crippen molar-refractivity contribution in [2.24, 2.45) is 0 Å². The predicted octanol–water partition coefficient (Wildman–Crippen LogP) is 0.928. The summed E-state index contributed by atoms with van der Waals surface area (Å²) in [6.07, 6.45) is 3.52. The maximum Gasteiger partial charge on any atom is 0.248 e. The van der Waals surface area contributed by atoms with Gasteiger partial charge in [0.25, 0.3) is 0 Å². The Kier molecular flexibility index (Phi) is 5.56. The SMILES string of the molecule is COc1ncccc1CN1CC2(C[C@@H](OCC(=O)N(C)C)CCO2)C1. The molecule has 0 N–H and O–H groups in total. The number of aromatic nitrogens is 1. The molecule has 1 spiro atoms. The lowest BCUT2D eigenvalue weighted by atomic mass is 9.84. The van der Waals surface area contributed by atoms with Gasteiger partial charge in [-0.15, -0.1) is 0 Å². The van der Waals surface area contributed by atoms with Crippen molar-refractivity contribution >= 4 is 5.91 Å². The van der Waals surface area contributed by atoms with E-state index in [1.165, 1.54) is 0 Å². The van der Waals surface area contributed by atoms with Crippen LogP contribution in [0, 0.1) is 0 Å². The molecule has 0 bridgehead atoms. The molecule has 25 heavy (non-hydrogen) atoms. The molecular formula is C18H27N3O4. The molecular weight excluding hydrogens is 322 g/mol. The number of likely N-dealkylation sites (tertiary alicyclic amines) is 1. The zero-order valence-electron chi connectivity index (χ0n) is 15.2. The third kappa shape index (κ3) is 4.29. The van der Waals surface area contributed by atoms with E-state index in [0.29, 0.717) is 12.5 Å². The molecule has 2 aliphatic heterocycles. The predicted molar refractivity (Wildman–Crippen MR) is 92.4 cm³/mol. The largest absolute Gasteiger partial charge is 0.481 e. The highest BCUT2D eigenvalue weighted by Crippen LogP contribution is 2.36. The number of carbonyl (C=O) groups excluding carboxylic acids is 1. The Hall–Kier alpha value is -1.70. The van der Waals surface area contributed by atoms with Crippen molar-refractivity contribution in [3.63, 3.8) is 0 Å². The van der Waals surface area contributed by atoms with Crippen molar-refractivity contribution < 1.29 is 19.0 Å². The van der Waals surface area contributed by atoms with Crippen LogP contribution in [0.4, 0.5) is 0 Å². The van der Waals surface area contributed by atoms with Crippen LogP contribution >= 0.6 is 0 Å². The average Bonchev–Trinajstić information content (AvgIpc) is 2.59. The molecule has 1 atom stereocenters. The van der Waals surface area contributed by atoms with Gasteiger partial charge in [0.1, 0.15) is 6.61 Å². The first-order valence-electron chi connectivity index (χ1n) is 8.67. The number of hydrogen-bond donors (Lipinski definition) is 0. The van der Waals surface area contributed by atoms with E-state index in [-0.39, 0.29) is 24.2 Å². The number of ether oxygens (including phenoxy) is 3. The van der Waals surface area contributed by atoms with Gasteiger partial charge in [-0.05, 0) is 12.5 Å². The number of rotatable bonds is 6. The normalized spacial score (nSPS) is 22.4. The van der Waals surface area contributed by atoms with Crippen molar-refractivity contribution in [1.29, 1.82) is 0 Å². The highest BCUT2D eigenvalue weighted by Gasteiger charge is 2.47. The molecule has 1 aromatic heterocycles. The first-order valence-corrected chi connectivity index (χ1v) is 8.67. The van der Waals surface area contributed by atoms with Crippen molar-refractivity contribution in [2.75, 3.05) is 47.5 Å². The van der Waals surface area contributed by atoms with Crippen LogP contribution in [0.5, 0.6) is 5.88 Å². The monoisotopic (exact) mass is 349 g/mol. The zero-order valence-corrected chi connectivity index (χ0v) is 15.2. The molecule has 2 fully saturated rings. The molecule has 2 saturated heterocycles. The quantitative estimate of drug-likeness (QED) is 0.761. The van der Waals surface area contributed by atoms with Gasteiger partial charge in [0, 0.05) is 58.5 Å². The van der Waals surface area contributed by atoms with Crippen LogP contribution in [-0.2, 0) is 20.8 Å². The molecule has 0 aromatic carbocycles. The van der Waals surface area contributed by atoms with Gasteiger partial charge in [-0.25, -0.2) is 4.98 Å². The number of pyridine rings is 1. The summed E-state index contributed by atoms with van der Waals surface area (Å²) < 4.78 is 17.2. The molecule has 3 heterocycles. The van der Waals surface area contributed by atoms with Gasteiger partial charge in [0.05, 0.1) is 18.8 Å². The standard InChI is InChI=1S/C18H27N3O4/c1-20(2)16(22)11-24-15-6-8-25-18(9-15)12-21(13-18)10-14-5-4-7-19-17(14)23-3/h4-5,7,15H,6,8-13H2,1-3H3/t15-/m0/s1. The summed E-state index contributed by atoms with van der Waals surface area (Å²) >= 11 is 0. The van der Waals surface area contributed by atoms with Crippen LogP contribution in [0.15, 0.2) is 18.3 Å². The Bertz CT molecular complexity index is 602. The number of carbonyl (C=O) groups is 1. The van der Waals surface area contributed by atoms with Gasteiger partial charge in [-0.2, -0.15) is 0 Å². The molecule has 3 rings (SSSR count). The Balaban J connectivity index is 1.49. The fourth-order valence-corrected chi connectivity index (χ4v) is 3.51. The highest BCUT2D eigenvalue weighted by molar-refractivity contribution is 5.76. The van der Waals surface area contributed by atoms with Crippen LogP contribution in [0.3, 0.4) is 0 Å². The van der Waals surface area contributed by atoms with E-state index in [9.17, 15) is 4.79 Å². The Morgan fingerprint density at radius 2 is 2.28 bits per heavy atom. The van der Waals surface area contributed by atoms with E-state index >= 15 is 0 Å².